The number of piperazine rings is 1. The highest BCUT2D eigenvalue weighted by atomic mass is 35.5. The van der Waals surface area contributed by atoms with Crippen LogP contribution in [0.15, 0.2) is 24.3 Å². The maximum Gasteiger partial charge on any atom is 0.120 e. The van der Waals surface area contributed by atoms with Crippen LogP contribution in [0, 0.1) is 0 Å². The molecule has 0 amide bonds. The first-order valence-corrected chi connectivity index (χ1v) is 9.79. The number of likely N-dealkylation sites (tertiary alicyclic amines) is 1. The van der Waals surface area contributed by atoms with Crippen molar-refractivity contribution in [2.75, 3.05) is 39.3 Å². The van der Waals surface area contributed by atoms with E-state index in [4.69, 9.17) is 4.74 Å². The van der Waals surface area contributed by atoms with Gasteiger partial charge in [0.25, 0.3) is 0 Å². The topological polar surface area (TPSA) is 27.7 Å². The van der Waals surface area contributed by atoms with Gasteiger partial charge in [-0.15, -0.1) is 12.4 Å². The average molecular weight is 366 g/mol. The van der Waals surface area contributed by atoms with Crippen molar-refractivity contribution >= 4 is 12.4 Å². The molecule has 0 bridgehead atoms. The van der Waals surface area contributed by atoms with E-state index >= 15 is 0 Å². The molecule has 0 spiro atoms. The third-order valence-corrected chi connectivity index (χ3v) is 5.83. The molecule has 1 atom stereocenters. The fraction of sp³-hybridized carbons (Fsp3) is 0.700. The lowest BCUT2D eigenvalue weighted by Crippen LogP contribution is -2.49. The van der Waals surface area contributed by atoms with Crippen molar-refractivity contribution in [3.8, 4) is 5.75 Å². The Hall–Kier alpha value is -0.810. The van der Waals surface area contributed by atoms with E-state index in [1.165, 1.54) is 63.8 Å². The molecule has 4 nitrogen and oxygen atoms in total. The van der Waals surface area contributed by atoms with Gasteiger partial charge in [0.2, 0.25) is 0 Å². The lowest BCUT2D eigenvalue weighted by Gasteiger charge is -2.32. The molecule has 2 saturated heterocycles. The predicted molar refractivity (Wildman–Crippen MR) is 105 cm³/mol. The monoisotopic (exact) mass is 365 g/mol. The maximum absolute atomic E-state index is 6.16. The molecule has 3 fully saturated rings. The summed E-state index contributed by atoms with van der Waals surface area (Å²) < 4.78 is 6.16. The molecule has 1 aromatic rings. The van der Waals surface area contributed by atoms with Crippen LogP contribution in [0.5, 0.6) is 5.75 Å². The molecule has 1 aromatic carbocycles. The van der Waals surface area contributed by atoms with Crippen molar-refractivity contribution in [3.63, 3.8) is 0 Å². The average Bonchev–Trinajstić information content (AvgIpc) is 3.28. The Morgan fingerprint density at radius 1 is 1.04 bits per heavy atom. The highest BCUT2D eigenvalue weighted by Crippen LogP contribution is 2.25. The highest BCUT2D eigenvalue weighted by Gasteiger charge is 2.28. The summed E-state index contributed by atoms with van der Waals surface area (Å²) in [6, 6.07) is 9.54. The summed E-state index contributed by atoms with van der Waals surface area (Å²) in [4.78, 5) is 5.29. The Kier molecular flexibility index (Phi) is 7.00. The summed E-state index contributed by atoms with van der Waals surface area (Å²) in [6.07, 6.45) is 6.87. The lowest BCUT2D eigenvalue weighted by atomic mass is 10.2. The third-order valence-electron chi connectivity index (χ3n) is 5.83. The fourth-order valence-electron chi connectivity index (χ4n) is 4.48. The van der Waals surface area contributed by atoms with Gasteiger partial charge in [-0.1, -0.05) is 12.1 Å². The van der Waals surface area contributed by atoms with Gasteiger partial charge in [-0.25, -0.2) is 0 Å². The minimum atomic E-state index is 0. The Labute approximate surface area is 158 Å². The molecular formula is C20H32ClN3O. The molecule has 2 heterocycles. The molecule has 1 unspecified atom stereocenters. The molecule has 0 aromatic heterocycles. The van der Waals surface area contributed by atoms with Crippen molar-refractivity contribution in [1.82, 2.24) is 15.1 Å². The van der Waals surface area contributed by atoms with Gasteiger partial charge in [0, 0.05) is 51.9 Å². The molecule has 1 saturated carbocycles. The Balaban J connectivity index is 0.00000182. The number of nitrogens with zero attached hydrogens (tertiary/aromatic N) is 2. The number of halogens is 1. The largest absolute Gasteiger partial charge is 0.490 e. The molecule has 140 valence electrons. The molecule has 4 rings (SSSR count). The summed E-state index contributed by atoms with van der Waals surface area (Å²) in [5, 5.41) is 3.46. The van der Waals surface area contributed by atoms with Crippen molar-refractivity contribution in [2.45, 2.75) is 50.8 Å². The molecule has 1 aliphatic carbocycles. The molecule has 0 radical (unpaired) electrons. The fourth-order valence-corrected chi connectivity index (χ4v) is 4.48. The molecule has 2 aliphatic heterocycles. The first kappa shape index (κ1) is 19.0. The minimum Gasteiger partial charge on any atom is -0.490 e. The second-order valence-corrected chi connectivity index (χ2v) is 7.64. The van der Waals surface area contributed by atoms with E-state index in [2.05, 4.69) is 39.4 Å². The molecule has 1 N–H and O–H groups in total. The maximum atomic E-state index is 6.16. The predicted octanol–water partition coefficient (Wildman–Crippen LogP) is 2.91. The Bertz CT molecular complexity index is 529. The summed E-state index contributed by atoms with van der Waals surface area (Å²) in [7, 11) is 0. The van der Waals surface area contributed by atoms with E-state index in [1.54, 1.807) is 0 Å². The number of hydrogen-bond donors (Lipinski definition) is 1. The van der Waals surface area contributed by atoms with Crippen LogP contribution in [-0.4, -0.2) is 61.2 Å². The van der Waals surface area contributed by atoms with Crippen molar-refractivity contribution in [3.05, 3.63) is 29.8 Å². The van der Waals surface area contributed by atoms with Gasteiger partial charge in [-0.2, -0.15) is 0 Å². The van der Waals surface area contributed by atoms with Crippen LogP contribution in [0.25, 0.3) is 0 Å². The normalized spacial score (nSPS) is 25.8. The van der Waals surface area contributed by atoms with Crippen molar-refractivity contribution < 1.29 is 4.74 Å². The zero-order chi connectivity index (χ0) is 16.2. The lowest BCUT2D eigenvalue weighted by molar-refractivity contribution is 0.170. The van der Waals surface area contributed by atoms with Gasteiger partial charge < -0.3 is 10.1 Å². The molecular weight excluding hydrogens is 334 g/mol. The third kappa shape index (κ3) is 5.10. The van der Waals surface area contributed by atoms with Crippen LogP contribution in [-0.2, 0) is 6.54 Å². The number of benzene rings is 1. The molecule has 5 heteroatoms. The van der Waals surface area contributed by atoms with Gasteiger partial charge in [0.05, 0.1) is 6.10 Å². The first-order valence-electron chi connectivity index (χ1n) is 9.79. The molecule has 25 heavy (non-hydrogen) atoms. The summed E-state index contributed by atoms with van der Waals surface area (Å²) in [5.41, 5.74) is 1.39. The summed E-state index contributed by atoms with van der Waals surface area (Å²) >= 11 is 0. The SMILES string of the molecule is Cl.c1cc(CN2CCC(N3CCNCC3)C2)cc(OC2CCCC2)c1. The van der Waals surface area contributed by atoms with Crippen molar-refractivity contribution in [2.24, 2.45) is 0 Å². The van der Waals surface area contributed by atoms with Gasteiger partial charge >= 0.3 is 0 Å². The standard InChI is InChI=1S/C20H31N3O.ClH/c1-2-6-19(5-1)24-20-7-3-4-17(14-20)15-22-11-8-18(16-22)23-12-9-21-10-13-23;/h3-4,7,14,18-19,21H,1-2,5-6,8-13,15-16H2;1H. The second-order valence-electron chi connectivity index (χ2n) is 7.64. The van der Waals surface area contributed by atoms with E-state index < -0.39 is 0 Å². The first-order chi connectivity index (χ1) is 11.9. The van der Waals surface area contributed by atoms with Gasteiger partial charge in [-0.3, -0.25) is 9.80 Å². The van der Waals surface area contributed by atoms with Crippen LogP contribution >= 0.6 is 12.4 Å². The highest BCUT2D eigenvalue weighted by molar-refractivity contribution is 5.85. The zero-order valence-corrected chi connectivity index (χ0v) is 16.0. The summed E-state index contributed by atoms with van der Waals surface area (Å²) in [6.45, 7) is 8.22. The van der Waals surface area contributed by atoms with Gasteiger partial charge in [0.1, 0.15) is 5.75 Å². The van der Waals surface area contributed by atoms with Gasteiger partial charge in [-0.05, 0) is 49.8 Å². The number of rotatable bonds is 5. The second kappa shape index (κ2) is 9.22. The number of ether oxygens (including phenoxy) is 1. The minimum absolute atomic E-state index is 0. The Morgan fingerprint density at radius 3 is 2.64 bits per heavy atom. The van der Waals surface area contributed by atoms with Gasteiger partial charge in [0.15, 0.2) is 0 Å². The van der Waals surface area contributed by atoms with Crippen LogP contribution in [0.2, 0.25) is 0 Å². The van der Waals surface area contributed by atoms with Crippen molar-refractivity contribution in [1.29, 1.82) is 0 Å². The van der Waals surface area contributed by atoms with E-state index in [0.717, 1.165) is 31.4 Å². The van der Waals surface area contributed by atoms with Crippen LogP contribution in [0.1, 0.15) is 37.7 Å². The quantitative estimate of drug-likeness (QED) is 0.868. The van der Waals surface area contributed by atoms with Crippen LogP contribution in [0.4, 0.5) is 0 Å². The van der Waals surface area contributed by atoms with Crippen LogP contribution in [0.3, 0.4) is 0 Å². The van der Waals surface area contributed by atoms with E-state index in [-0.39, 0.29) is 12.4 Å². The van der Waals surface area contributed by atoms with E-state index in [1.807, 2.05) is 0 Å². The molecule has 3 aliphatic rings. The number of hydrogen-bond acceptors (Lipinski definition) is 4. The number of nitrogens with one attached hydrogen (secondary N) is 1. The zero-order valence-electron chi connectivity index (χ0n) is 15.2. The van der Waals surface area contributed by atoms with E-state index in [9.17, 15) is 0 Å². The Morgan fingerprint density at radius 2 is 1.84 bits per heavy atom. The van der Waals surface area contributed by atoms with Crippen LogP contribution < -0.4 is 10.1 Å². The van der Waals surface area contributed by atoms with E-state index in [0.29, 0.717) is 6.10 Å². The summed E-state index contributed by atoms with van der Waals surface area (Å²) in [5.74, 6) is 1.07. The smallest absolute Gasteiger partial charge is 0.120 e.